The van der Waals surface area contributed by atoms with Crippen LogP contribution in [-0.2, 0) is 4.79 Å². The molecule has 0 spiro atoms. The van der Waals surface area contributed by atoms with Crippen molar-refractivity contribution in [2.45, 2.75) is 33.1 Å². The van der Waals surface area contributed by atoms with Crippen LogP contribution in [0.1, 0.15) is 31.9 Å². The van der Waals surface area contributed by atoms with Gasteiger partial charge >= 0.3 is 0 Å². The summed E-state index contributed by atoms with van der Waals surface area (Å²) in [5.41, 5.74) is 1.76. The number of nitrogens with zero attached hydrogens (tertiary/aromatic N) is 1. The van der Waals surface area contributed by atoms with Crippen LogP contribution < -0.4 is 10.6 Å². The van der Waals surface area contributed by atoms with Crippen LogP contribution in [0.2, 0.25) is 0 Å². The molecule has 4 nitrogen and oxygen atoms in total. The average Bonchev–Trinajstić information content (AvgIpc) is 2.39. The summed E-state index contributed by atoms with van der Waals surface area (Å²) in [6, 6.07) is 3.72. The highest BCUT2D eigenvalue weighted by atomic mass is 35.5. The third-order valence-electron chi connectivity index (χ3n) is 3.83. The molecule has 1 aliphatic heterocycles. The van der Waals surface area contributed by atoms with Crippen molar-refractivity contribution < 1.29 is 4.79 Å². The molecular weight excluding hydrogens is 309 g/mol. The number of anilines is 1. The lowest BCUT2D eigenvalue weighted by Crippen LogP contribution is -2.34. The summed E-state index contributed by atoms with van der Waals surface area (Å²) < 4.78 is 0. The number of aromatic nitrogens is 1. The fourth-order valence-corrected chi connectivity index (χ4v) is 2.66. The van der Waals surface area contributed by atoms with E-state index in [-0.39, 0.29) is 30.7 Å². The number of nitrogens with one attached hydrogen (secondary N) is 2. The Hall–Kier alpha value is -0.840. The quantitative estimate of drug-likeness (QED) is 0.889. The Morgan fingerprint density at radius 2 is 2.29 bits per heavy atom. The van der Waals surface area contributed by atoms with Gasteiger partial charge in [0, 0.05) is 24.0 Å². The smallest absolute Gasteiger partial charge is 0.224 e. The zero-order valence-electron chi connectivity index (χ0n) is 12.6. The zero-order valence-corrected chi connectivity index (χ0v) is 14.2. The number of carbonyl (C=O) groups is 1. The molecule has 0 aromatic carbocycles. The molecular formula is C15H25Cl2N3O. The molecule has 1 aromatic heterocycles. The predicted octanol–water partition coefficient (Wildman–Crippen LogP) is 3.20. The molecule has 1 saturated heterocycles. The van der Waals surface area contributed by atoms with Crippen LogP contribution in [0.5, 0.6) is 0 Å². The largest absolute Gasteiger partial charge is 0.326 e. The molecule has 0 aliphatic carbocycles. The molecule has 1 amide bonds. The summed E-state index contributed by atoms with van der Waals surface area (Å²) in [4.78, 5) is 16.1. The molecule has 0 saturated carbocycles. The second kappa shape index (κ2) is 9.98. The minimum Gasteiger partial charge on any atom is -0.326 e. The Labute approximate surface area is 139 Å². The van der Waals surface area contributed by atoms with Crippen molar-refractivity contribution >= 4 is 36.4 Å². The number of rotatable bonds is 4. The van der Waals surface area contributed by atoms with Gasteiger partial charge in [0.05, 0.1) is 0 Å². The van der Waals surface area contributed by atoms with Crippen LogP contribution >= 0.6 is 24.8 Å². The van der Waals surface area contributed by atoms with Crippen molar-refractivity contribution in [3.8, 4) is 0 Å². The van der Waals surface area contributed by atoms with Crippen LogP contribution in [0.15, 0.2) is 18.3 Å². The number of amides is 1. The first-order chi connectivity index (χ1) is 9.15. The number of pyridine rings is 1. The standard InChI is InChI=1S/C15H23N3O.2ClH/c1-11(13-4-3-6-16-10-13)8-15(19)18-14-5-7-17-12(2)9-14;;/h5,7,9,11,13,16H,3-4,6,8,10H2,1-2H3,(H,17,18,19);2*1H. The molecule has 6 heteroatoms. The van der Waals surface area contributed by atoms with Crippen molar-refractivity contribution in [3.63, 3.8) is 0 Å². The molecule has 1 fully saturated rings. The Morgan fingerprint density at radius 1 is 1.52 bits per heavy atom. The molecule has 0 radical (unpaired) electrons. The topological polar surface area (TPSA) is 54.0 Å². The SMILES string of the molecule is Cc1cc(NC(=O)CC(C)C2CCCNC2)ccn1.Cl.Cl. The van der Waals surface area contributed by atoms with Crippen LogP contribution in [-0.4, -0.2) is 24.0 Å². The lowest BCUT2D eigenvalue weighted by Gasteiger charge is -2.28. The van der Waals surface area contributed by atoms with Gasteiger partial charge in [-0.2, -0.15) is 0 Å². The van der Waals surface area contributed by atoms with E-state index >= 15 is 0 Å². The monoisotopic (exact) mass is 333 g/mol. The second-order valence-electron chi connectivity index (χ2n) is 5.52. The van der Waals surface area contributed by atoms with Crippen LogP contribution in [0.3, 0.4) is 0 Å². The van der Waals surface area contributed by atoms with Gasteiger partial charge in [-0.05, 0) is 56.8 Å². The van der Waals surface area contributed by atoms with E-state index in [0.29, 0.717) is 18.3 Å². The van der Waals surface area contributed by atoms with Gasteiger partial charge < -0.3 is 10.6 Å². The average molecular weight is 334 g/mol. The lowest BCUT2D eigenvalue weighted by atomic mass is 9.85. The van der Waals surface area contributed by atoms with E-state index in [1.165, 1.54) is 12.8 Å². The van der Waals surface area contributed by atoms with E-state index in [1.807, 2.05) is 19.1 Å². The molecule has 21 heavy (non-hydrogen) atoms. The van der Waals surface area contributed by atoms with E-state index in [2.05, 4.69) is 22.5 Å². The summed E-state index contributed by atoms with van der Waals surface area (Å²) in [7, 11) is 0. The predicted molar refractivity (Wildman–Crippen MR) is 91.5 cm³/mol. The maximum atomic E-state index is 12.0. The molecule has 120 valence electrons. The van der Waals surface area contributed by atoms with Gasteiger partial charge in [0.15, 0.2) is 0 Å². The molecule has 0 bridgehead atoms. The summed E-state index contributed by atoms with van der Waals surface area (Å²) in [6.45, 7) is 6.26. The van der Waals surface area contributed by atoms with E-state index in [0.717, 1.165) is 24.5 Å². The lowest BCUT2D eigenvalue weighted by molar-refractivity contribution is -0.117. The summed E-state index contributed by atoms with van der Waals surface area (Å²) in [5, 5.41) is 6.36. The zero-order chi connectivity index (χ0) is 13.7. The van der Waals surface area contributed by atoms with Gasteiger partial charge in [-0.15, -0.1) is 24.8 Å². The third kappa shape index (κ3) is 6.64. The number of piperidine rings is 1. The van der Waals surface area contributed by atoms with Gasteiger partial charge in [0.1, 0.15) is 0 Å². The summed E-state index contributed by atoms with van der Waals surface area (Å²) in [5.74, 6) is 1.15. The van der Waals surface area contributed by atoms with Crippen molar-refractivity contribution in [2.24, 2.45) is 11.8 Å². The third-order valence-corrected chi connectivity index (χ3v) is 3.83. The molecule has 2 heterocycles. The minimum atomic E-state index is 0. The van der Waals surface area contributed by atoms with Gasteiger partial charge in [-0.25, -0.2) is 0 Å². The van der Waals surface area contributed by atoms with Crippen LogP contribution in [0.4, 0.5) is 5.69 Å². The van der Waals surface area contributed by atoms with Crippen molar-refractivity contribution in [1.82, 2.24) is 10.3 Å². The molecule has 1 aromatic rings. The highest BCUT2D eigenvalue weighted by molar-refractivity contribution is 5.90. The Bertz CT molecular complexity index is 437. The first-order valence-electron chi connectivity index (χ1n) is 7.08. The number of aryl methyl sites for hydroxylation is 1. The minimum absolute atomic E-state index is 0. The number of carbonyl (C=O) groups excluding carboxylic acids is 1. The highest BCUT2D eigenvalue weighted by Crippen LogP contribution is 2.23. The van der Waals surface area contributed by atoms with E-state index in [4.69, 9.17) is 0 Å². The molecule has 2 atom stereocenters. The number of hydrogen-bond donors (Lipinski definition) is 2. The molecule has 2 unspecified atom stereocenters. The Kier molecular flexibility index (Phi) is 9.58. The van der Waals surface area contributed by atoms with Crippen molar-refractivity contribution in [3.05, 3.63) is 24.0 Å². The van der Waals surface area contributed by atoms with Gasteiger partial charge in [-0.3, -0.25) is 9.78 Å². The van der Waals surface area contributed by atoms with Gasteiger partial charge in [-0.1, -0.05) is 6.92 Å². The van der Waals surface area contributed by atoms with E-state index in [1.54, 1.807) is 6.20 Å². The highest BCUT2D eigenvalue weighted by Gasteiger charge is 2.21. The fraction of sp³-hybridized carbons (Fsp3) is 0.600. The Balaban J connectivity index is 0.00000200. The maximum absolute atomic E-state index is 12.0. The van der Waals surface area contributed by atoms with Crippen molar-refractivity contribution in [2.75, 3.05) is 18.4 Å². The van der Waals surface area contributed by atoms with E-state index < -0.39 is 0 Å². The molecule has 2 rings (SSSR count). The van der Waals surface area contributed by atoms with Gasteiger partial charge in [0.25, 0.3) is 0 Å². The van der Waals surface area contributed by atoms with Crippen molar-refractivity contribution in [1.29, 1.82) is 0 Å². The summed E-state index contributed by atoms with van der Waals surface area (Å²) >= 11 is 0. The molecule has 2 N–H and O–H groups in total. The first-order valence-corrected chi connectivity index (χ1v) is 7.08. The fourth-order valence-electron chi connectivity index (χ4n) is 2.66. The number of hydrogen-bond acceptors (Lipinski definition) is 3. The molecule has 1 aliphatic rings. The van der Waals surface area contributed by atoms with Crippen LogP contribution in [0, 0.1) is 18.8 Å². The second-order valence-corrected chi connectivity index (χ2v) is 5.52. The first kappa shape index (κ1) is 20.2. The van der Waals surface area contributed by atoms with Crippen LogP contribution in [0.25, 0.3) is 0 Å². The normalized spacial score (nSPS) is 18.9. The summed E-state index contributed by atoms with van der Waals surface area (Å²) in [6.07, 6.45) is 4.77. The Morgan fingerprint density at radius 3 is 2.90 bits per heavy atom. The van der Waals surface area contributed by atoms with Gasteiger partial charge in [0.2, 0.25) is 5.91 Å². The maximum Gasteiger partial charge on any atom is 0.224 e. The number of halogens is 2. The van der Waals surface area contributed by atoms with E-state index in [9.17, 15) is 4.79 Å².